The Morgan fingerprint density at radius 3 is 2.71 bits per heavy atom. The molecule has 0 amide bonds. The molecule has 0 heteroatoms. The Labute approximate surface area is 86.3 Å². The summed E-state index contributed by atoms with van der Waals surface area (Å²) in [4.78, 5) is 0. The van der Waals surface area contributed by atoms with Gasteiger partial charge in [-0.25, -0.2) is 0 Å². The smallest absolute Gasteiger partial charge is 0.0122 e. The van der Waals surface area contributed by atoms with Crippen LogP contribution in [0.25, 0.3) is 0 Å². The summed E-state index contributed by atoms with van der Waals surface area (Å²) in [7, 11) is 0. The van der Waals surface area contributed by atoms with Gasteiger partial charge in [0.1, 0.15) is 0 Å². The molecule has 3 atom stereocenters. The molecular formula is C14H18. The van der Waals surface area contributed by atoms with E-state index in [1.54, 1.807) is 11.1 Å². The fourth-order valence-corrected chi connectivity index (χ4v) is 3.91. The Kier molecular flexibility index (Phi) is 1.74. The van der Waals surface area contributed by atoms with Crippen LogP contribution in [0.2, 0.25) is 0 Å². The van der Waals surface area contributed by atoms with Crippen molar-refractivity contribution in [3.05, 3.63) is 34.9 Å². The van der Waals surface area contributed by atoms with Crippen LogP contribution >= 0.6 is 0 Å². The number of hydrogen-bond donors (Lipinski definition) is 0. The van der Waals surface area contributed by atoms with Crippen molar-refractivity contribution in [2.75, 3.05) is 0 Å². The van der Waals surface area contributed by atoms with Gasteiger partial charge in [0.25, 0.3) is 0 Å². The Bertz CT molecular complexity index is 364. The van der Waals surface area contributed by atoms with Crippen LogP contribution in [-0.4, -0.2) is 0 Å². The van der Waals surface area contributed by atoms with Gasteiger partial charge < -0.3 is 0 Å². The largest absolute Gasteiger partial charge is 0.0651 e. The highest BCUT2D eigenvalue weighted by Gasteiger charge is 2.44. The molecule has 1 aromatic carbocycles. The lowest BCUT2D eigenvalue weighted by Crippen LogP contribution is -2.01. The van der Waals surface area contributed by atoms with Gasteiger partial charge in [0, 0.05) is 0 Å². The highest BCUT2D eigenvalue weighted by Crippen LogP contribution is 2.58. The lowest BCUT2D eigenvalue weighted by molar-refractivity contribution is 0.465. The van der Waals surface area contributed by atoms with Crippen molar-refractivity contribution in [3.8, 4) is 0 Å². The molecule has 0 heterocycles. The SMILES string of the molecule is CCC1C2CCC1c1c(C)cccc12. The normalized spacial score (nSPS) is 33.4. The summed E-state index contributed by atoms with van der Waals surface area (Å²) in [5.41, 5.74) is 4.94. The number of benzene rings is 1. The summed E-state index contributed by atoms with van der Waals surface area (Å²) in [5.74, 6) is 2.77. The molecular weight excluding hydrogens is 168 g/mol. The Morgan fingerprint density at radius 2 is 2.00 bits per heavy atom. The van der Waals surface area contributed by atoms with Gasteiger partial charge in [-0.1, -0.05) is 31.5 Å². The van der Waals surface area contributed by atoms with Crippen molar-refractivity contribution in [3.63, 3.8) is 0 Å². The zero-order valence-electron chi connectivity index (χ0n) is 9.09. The molecule has 0 saturated heterocycles. The van der Waals surface area contributed by atoms with E-state index in [0.717, 1.165) is 17.8 Å². The molecule has 0 N–H and O–H groups in total. The molecule has 0 aromatic heterocycles. The van der Waals surface area contributed by atoms with Gasteiger partial charge in [-0.3, -0.25) is 0 Å². The standard InChI is InChI=1S/C14H18/c1-3-10-11-7-8-13(10)14-9(2)5-4-6-12(11)14/h4-6,10-11,13H,3,7-8H2,1-2H3. The molecule has 0 spiro atoms. The molecule has 3 unspecified atom stereocenters. The van der Waals surface area contributed by atoms with Gasteiger partial charge in [-0.15, -0.1) is 0 Å². The highest BCUT2D eigenvalue weighted by molar-refractivity contribution is 5.47. The number of fused-ring (bicyclic) bond motifs is 5. The van der Waals surface area contributed by atoms with Gasteiger partial charge in [0.05, 0.1) is 0 Å². The minimum Gasteiger partial charge on any atom is -0.0651 e. The van der Waals surface area contributed by atoms with Crippen LogP contribution in [0, 0.1) is 12.8 Å². The van der Waals surface area contributed by atoms with Crippen LogP contribution in [0.3, 0.4) is 0 Å². The summed E-state index contributed by atoms with van der Waals surface area (Å²) in [5, 5.41) is 0. The van der Waals surface area contributed by atoms with Crippen molar-refractivity contribution < 1.29 is 0 Å². The summed E-state index contributed by atoms with van der Waals surface area (Å²) >= 11 is 0. The Balaban J connectivity index is 2.16. The molecule has 1 saturated carbocycles. The minimum absolute atomic E-state index is 0.903. The van der Waals surface area contributed by atoms with Crippen molar-refractivity contribution >= 4 is 0 Å². The Morgan fingerprint density at radius 1 is 1.21 bits per heavy atom. The van der Waals surface area contributed by atoms with Crippen LogP contribution in [0.1, 0.15) is 54.7 Å². The summed E-state index contributed by atoms with van der Waals surface area (Å²) < 4.78 is 0. The van der Waals surface area contributed by atoms with E-state index in [1.165, 1.54) is 24.8 Å². The average molecular weight is 186 g/mol. The maximum Gasteiger partial charge on any atom is -0.0122 e. The quantitative estimate of drug-likeness (QED) is 0.622. The molecule has 0 aliphatic heterocycles. The van der Waals surface area contributed by atoms with Crippen molar-refractivity contribution in [1.82, 2.24) is 0 Å². The van der Waals surface area contributed by atoms with Crippen molar-refractivity contribution in [1.29, 1.82) is 0 Å². The van der Waals surface area contributed by atoms with E-state index in [4.69, 9.17) is 0 Å². The van der Waals surface area contributed by atoms with E-state index in [9.17, 15) is 0 Å². The van der Waals surface area contributed by atoms with E-state index in [0.29, 0.717) is 0 Å². The molecule has 2 aliphatic rings. The number of rotatable bonds is 1. The van der Waals surface area contributed by atoms with Crippen LogP contribution in [0.5, 0.6) is 0 Å². The first-order valence-corrected chi connectivity index (χ1v) is 5.92. The fraction of sp³-hybridized carbons (Fsp3) is 0.571. The van der Waals surface area contributed by atoms with Gasteiger partial charge in [0.15, 0.2) is 0 Å². The molecule has 3 rings (SSSR count). The average Bonchev–Trinajstić information content (AvgIpc) is 2.73. The van der Waals surface area contributed by atoms with Crippen LogP contribution < -0.4 is 0 Å². The topological polar surface area (TPSA) is 0 Å². The van der Waals surface area contributed by atoms with Crippen LogP contribution in [-0.2, 0) is 0 Å². The van der Waals surface area contributed by atoms with Gasteiger partial charge >= 0.3 is 0 Å². The molecule has 1 aromatic rings. The van der Waals surface area contributed by atoms with Gasteiger partial charge in [0.2, 0.25) is 0 Å². The number of hydrogen-bond acceptors (Lipinski definition) is 0. The first-order valence-electron chi connectivity index (χ1n) is 5.92. The lowest BCUT2D eigenvalue weighted by atomic mass is 9.89. The monoisotopic (exact) mass is 186 g/mol. The third kappa shape index (κ3) is 0.893. The minimum atomic E-state index is 0.903. The van der Waals surface area contributed by atoms with Crippen molar-refractivity contribution in [2.24, 2.45) is 5.92 Å². The van der Waals surface area contributed by atoms with E-state index >= 15 is 0 Å². The fourth-order valence-electron chi connectivity index (χ4n) is 3.91. The van der Waals surface area contributed by atoms with Crippen molar-refractivity contribution in [2.45, 2.75) is 44.9 Å². The predicted octanol–water partition coefficient (Wildman–Crippen LogP) is 4.00. The molecule has 0 nitrogen and oxygen atoms in total. The van der Waals surface area contributed by atoms with E-state index < -0.39 is 0 Å². The first kappa shape index (κ1) is 8.52. The summed E-state index contributed by atoms with van der Waals surface area (Å²) in [6.45, 7) is 4.64. The third-order valence-electron chi connectivity index (χ3n) is 4.42. The molecule has 74 valence electrons. The molecule has 14 heavy (non-hydrogen) atoms. The summed E-state index contributed by atoms with van der Waals surface area (Å²) in [6.07, 6.45) is 4.25. The second-order valence-electron chi connectivity index (χ2n) is 4.94. The van der Waals surface area contributed by atoms with Crippen LogP contribution in [0.15, 0.2) is 18.2 Å². The zero-order chi connectivity index (χ0) is 9.71. The maximum atomic E-state index is 2.37. The highest BCUT2D eigenvalue weighted by atomic mass is 14.5. The second-order valence-corrected chi connectivity index (χ2v) is 4.94. The second kappa shape index (κ2) is 2.85. The van der Waals surface area contributed by atoms with E-state index in [1.807, 2.05) is 0 Å². The summed E-state index contributed by atoms with van der Waals surface area (Å²) in [6, 6.07) is 6.89. The predicted molar refractivity (Wildman–Crippen MR) is 59.7 cm³/mol. The molecule has 2 bridgehead atoms. The number of aryl methyl sites for hydroxylation is 1. The van der Waals surface area contributed by atoms with Gasteiger partial charge in [-0.05, 0) is 54.2 Å². The Hall–Kier alpha value is -0.780. The maximum absolute atomic E-state index is 2.37. The van der Waals surface area contributed by atoms with Crippen LogP contribution in [0.4, 0.5) is 0 Å². The van der Waals surface area contributed by atoms with E-state index in [2.05, 4.69) is 32.0 Å². The molecule has 2 aliphatic carbocycles. The molecule has 1 fully saturated rings. The first-order chi connectivity index (χ1) is 6.83. The van der Waals surface area contributed by atoms with E-state index in [-0.39, 0.29) is 0 Å². The third-order valence-corrected chi connectivity index (χ3v) is 4.42. The lowest BCUT2D eigenvalue weighted by Gasteiger charge is -2.16. The van der Waals surface area contributed by atoms with Gasteiger partial charge in [-0.2, -0.15) is 0 Å². The zero-order valence-corrected chi connectivity index (χ0v) is 9.09. The molecule has 0 radical (unpaired) electrons.